The van der Waals surface area contributed by atoms with Crippen LogP contribution in [0.25, 0.3) is 0 Å². The number of para-hydroxylation sites is 2. The Balaban J connectivity index is 1.45. The summed E-state index contributed by atoms with van der Waals surface area (Å²) >= 11 is 0. The van der Waals surface area contributed by atoms with E-state index in [0.29, 0.717) is 56.4 Å². The molecule has 0 radical (unpaired) electrons. The molecular weight excluding hydrogens is 348 g/mol. The van der Waals surface area contributed by atoms with Gasteiger partial charge in [0.15, 0.2) is 5.79 Å². The molecule has 4 rings (SSSR count). The fraction of sp³-hybridized carbons (Fsp3) is 0.421. The summed E-state index contributed by atoms with van der Waals surface area (Å²) in [5, 5.41) is 3.17. The fourth-order valence-electron chi connectivity index (χ4n) is 3.43. The number of hydrogen-bond donors (Lipinski definition) is 1. The van der Waals surface area contributed by atoms with Gasteiger partial charge in [0.25, 0.3) is 5.91 Å². The van der Waals surface area contributed by atoms with Crippen molar-refractivity contribution in [3.8, 4) is 5.75 Å². The van der Waals surface area contributed by atoms with Crippen molar-refractivity contribution in [2.24, 2.45) is 0 Å². The molecule has 0 saturated carbocycles. The van der Waals surface area contributed by atoms with Crippen molar-refractivity contribution in [1.29, 1.82) is 0 Å². The van der Waals surface area contributed by atoms with Crippen LogP contribution in [0.3, 0.4) is 0 Å². The fourth-order valence-corrected chi connectivity index (χ4v) is 3.43. The lowest BCUT2D eigenvalue weighted by molar-refractivity contribution is -0.181. The normalized spacial score (nSPS) is 18.5. The molecule has 0 atom stereocenters. The summed E-state index contributed by atoms with van der Waals surface area (Å²) < 4.78 is 16.8. The summed E-state index contributed by atoms with van der Waals surface area (Å²) in [5.74, 6) is 0.614. The van der Waals surface area contributed by atoms with Crippen molar-refractivity contribution in [1.82, 2.24) is 14.9 Å². The van der Waals surface area contributed by atoms with Crippen molar-refractivity contribution >= 4 is 17.4 Å². The number of anilines is 2. The number of likely N-dealkylation sites (tertiary alicyclic amines) is 1. The standard InChI is InChI=1S/C19H22N4O4/c1-25-16-5-3-2-4-14(16)22-17-12-15(20-13-21-17)18(24)23-8-6-19(7-9-23)26-10-11-27-19/h2-5,12-13H,6-11H2,1H3,(H,20,21,22). The smallest absolute Gasteiger partial charge is 0.272 e. The number of piperidine rings is 1. The molecule has 1 spiro atoms. The van der Waals surface area contributed by atoms with Crippen molar-refractivity contribution in [3.05, 3.63) is 42.4 Å². The van der Waals surface area contributed by atoms with Crippen LogP contribution in [-0.4, -0.2) is 60.0 Å². The third-order valence-electron chi connectivity index (χ3n) is 4.88. The molecule has 142 valence electrons. The predicted octanol–water partition coefficient (Wildman–Crippen LogP) is 2.21. The van der Waals surface area contributed by atoms with Gasteiger partial charge in [-0.15, -0.1) is 0 Å². The average molecular weight is 370 g/mol. The second-order valence-corrected chi connectivity index (χ2v) is 6.51. The van der Waals surface area contributed by atoms with Gasteiger partial charge in [-0.2, -0.15) is 0 Å². The zero-order valence-electron chi connectivity index (χ0n) is 15.2. The quantitative estimate of drug-likeness (QED) is 0.883. The van der Waals surface area contributed by atoms with E-state index in [4.69, 9.17) is 14.2 Å². The summed E-state index contributed by atoms with van der Waals surface area (Å²) in [6.45, 7) is 2.41. The first-order valence-corrected chi connectivity index (χ1v) is 8.98. The Morgan fingerprint density at radius 2 is 1.93 bits per heavy atom. The van der Waals surface area contributed by atoms with Gasteiger partial charge in [0.05, 0.1) is 26.0 Å². The lowest BCUT2D eigenvalue weighted by Crippen LogP contribution is -2.47. The van der Waals surface area contributed by atoms with Gasteiger partial charge in [0.2, 0.25) is 0 Å². The molecule has 2 fully saturated rings. The highest BCUT2D eigenvalue weighted by Gasteiger charge is 2.41. The SMILES string of the molecule is COc1ccccc1Nc1cc(C(=O)N2CCC3(CC2)OCCO3)ncn1. The Morgan fingerprint density at radius 3 is 2.67 bits per heavy atom. The molecule has 2 aromatic rings. The van der Waals surface area contributed by atoms with Gasteiger partial charge in [-0.05, 0) is 12.1 Å². The largest absolute Gasteiger partial charge is 0.495 e. The van der Waals surface area contributed by atoms with Crippen LogP contribution in [-0.2, 0) is 9.47 Å². The van der Waals surface area contributed by atoms with E-state index < -0.39 is 5.79 Å². The molecule has 2 saturated heterocycles. The van der Waals surface area contributed by atoms with E-state index in [-0.39, 0.29) is 5.91 Å². The maximum absolute atomic E-state index is 12.8. The number of carbonyl (C=O) groups is 1. The molecule has 2 aliphatic heterocycles. The van der Waals surface area contributed by atoms with E-state index in [1.165, 1.54) is 6.33 Å². The molecule has 0 unspecified atom stereocenters. The Hall–Kier alpha value is -2.71. The van der Waals surface area contributed by atoms with E-state index in [1.807, 2.05) is 24.3 Å². The second-order valence-electron chi connectivity index (χ2n) is 6.51. The van der Waals surface area contributed by atoms with Crippen LogP contribution in [0.15, 0.2) is 36.7 Å². The van der Waals surface area contributed by atoms with Crippen LogP contribution in [0.4, 0.5) is 11.5 Å². The monoisotopic (exact) mass is 370 g/mol. The minimum Gasteiger partial charge on any atom is -0.495 e. The Labute approximate surface area is 157 Å². The van der Waals surface area contributed by atoms with Crippen LogP contribution < -0.4 is 10.1 Å². The molecule has 27 heavy (non-hydrogen) atoms. The van der Waals surface area contributed by atoms with Crippen molar-refractivity contribution in [2.75, 3.05) is 38.7 Å². The van der Waals surface area contributed by atoms with Crippen LogP contribution in [0.5, 0.6) is 5.75 Å². The number of ether oxygens (including phenoxy) is 3. The molecule has 0 aliphatic carbocycles. The number of benzene rings is 1. The maximum atomic E-state index is 12.8. The summed E-state index contributed by atoms with van der Waals surface area (Å²) in [6.07, 6.45) is 2.74. The molecule has 1 aromatic carbocycles. The van der Waals surface area contributed by atoms with Gasteiger partial charge in [0.1, 0.15) is 23.6 Å². The van der Waals surface area contributed by atoms with Crippen LogP contribution in [0.1, 0.15) is 23.3 Å². The maximum Gasteiger partial charge on any atom is 0.272 e. The predicted molar refractivity (Wildman–Crippen MR) is 98.1 cm³/mol. The van der Waals surface area contributed by atoms with Crippen LogP contribution in [0, 0.1) is 0 Å². The van der Waals surface area contributed by atoms with E-state index in [2.05, 4.69) is 15.3 Å². The summed E-state index contributed by atoms with van der Waals surface area (Å²) in [5.41, 5.74) is 1.12. The lowest BCUT2D eigenvalue weighted by atomic mass is 10.0. The highest BCUT2D eigenvalue weighted by Crippen LogP contribution is 2.32. The Bertz CT molecular complexity index is 813. The molecule has 8 heteroatoms. The molecule has 2 aliphatic rings. The molecule has 8 nitrogen and oxygen atoms in total. The van der Waals surface area contributed by atoms with Gasteiger partial charge < -0.3 is 24.4 Å². The van der Waals surface area contributed by atoms with Crippen molar-refractivity contribution < 1.29 is 19.0 Å². The van der Waals surface area contributed by atoms with Crippen molar-refractivity contribution in [3.63, 3.8) is 0 Å². The highest BCUT2D eigenvalue weighted by atomic mass is 16.7. The Kier molecular flexibility index (Phi) is 4.91. The van der Waals surface area contributed by atoms with Crippen LogP contribution >= 0.6 is 0 Å². The molecule has 1 amide bonds. The van der Waals surface area contributed by atoms with E-state index in [0.717, 1.165) is 5.69 Å². The lowest BCUT2D eigenvalue weighted by Gasteiger charge is -2.37. The number of aromatic nitrogens is 2. The Morgan fingerprint density at radius 1 is 1.19 bits per heavy atom. The van der Waals surface area contributed by atoms with Gasteiger partial charge in [-0.25, -0.2) is 9.97 Å². The first-order valence-electron chi connectivity index (χ1n) is 8.98. The third kappa shape index (κ3) is 3.72. The number of nitrogens with one attached hydrogen (secondary N) is 1. The van der Waals surface area contributed by atoms with Gasteiger partial charge in [-0.3, -0.25) is 4.79 Å². The number of nitrogens with zero attached hydrogens (tertiary/aromatic N) is 3. The van der Waals surface area contributed by atoms with Crippen LogP contribution in [0.2, 0.25) is 0 Å². The number of carbonyl (C=O) groups excluding carboxylic acids is 1. The number of rotatable bonds is 4. The first-order chi connectivity index (χ1) is 13.2. The summed E-state index contributed by atoms with van der Waals surface area (Å²) in [6, 6.07) is 9.18. The molecule has 1 aromatic heterocycles. The highest BCUT2D eigenvalue weighted by molar-refractivity contribution is 5.93. The minimum atomic E-state index is -0.501. The van der Waals surface area contributed by atoms with Gasteiger partial charge in [-0.1, -0.05) is 12.1 Å². The summed E-state index contributed by atoms with van der Waals surface area (Å²) in [7, 11) is 1.61. The second kappa shape index (κ2) is 7.50. The zero-order valence-corrected chi connectivity index (χ0v) is 15.2. The molecule has 3 heterocycles. The van der Waals surface area contributed by atoms with E-state index in [9.17, 15) is 4.79 Å². The number of amides is 1. The molecular formula is C19H22N4O4. The first kappa shape index (κ1) is 17.7. The number of methoxy groups -OCH3 is 1. The average Bonchev–Trinajstić information content (AvgIpc) is 3.17. The molecule has 1 N–H and O–H groups in total. The topological polar surface area (TPSA) is 85.8 Å². The summed E-state index contributed by atoms with van der Waals surface area (Å²) in [4.78, 5) is 23.0. The van der Waals surface area contributed by atoms with Crippen molar-refractivity contribution in [2.45, 2.75) is 18.6 Å². The number of hydrogen-bond acceptors (Lipinski definition) is 7. The minimum absolute atomic E-state index is 0.117. The zero-order chi connectivity index (χ0) is 18.7. The van der Waals surface area contributed by atoms with Gasteiger partial charge >= 0.3 is 0 Å². The van der Waals surface area contributed by atoms with Gasteiger partial charge in [0, 0.05) is 32.0 Å². The molecule has 0 bridgehead atoms. The third-order valence-corrected chi connectivity index (χ3v) is 4.88. The van der Waals surface area contributed by atoms with E-state index in [1.54, 1.807) is 18.1 Å². The van der Waals surface area contributed by atoms with E-state index >= 15 is 0 Å².